The maximum atomic E-state index is 13.8. The third-order valence-electron chi connectivity index (χ3n) is 7.48. The molecule has 0 aromatic heterocycles. The second kappa shape index (κ2) is 12.4. The van der Waals surface area contributed by atoms with Crippen LogP contribution >= 0.6 is 0 Å². The molecule has 1 saturated heterocycles. The van der Waals surface area contributed by atoms with Gasteiger partial charge in [0.1, 0.15) is 12.6 Å². The molecule has 3 rings (SSSR count). The highest BCUT2D eigenvalue weighted by atomic mass is 28.4. The molecule has 9 heteroatoms. The molecule has 1 heterocycles. The summed E-state index contributed by atoms with van der Waals surface area (Å²) in [6, 6.07) is 17.7. The van der Waals surface area contributed by atoms with Crippen LogP contribution in [0.2, 0.25) is 18.1 Å². The van der Waals surface area contributed by atoms with E-state index >= 15 is 0 Å². The molecule has 8 nitrogen and oxygen atoms in total. The Morgan fingerprint density at radius 2 is 1.78 bits per heavy atom. The molecule has 2 amide bonds. The Morgan fingerprint density at radius 1 is 1.16 bits per heavy atom. The van der Waals surface area contributed by atoms with E-state index < -0.39 is 38.3 Å². The second-order valence-corrected chi connectivity index (χ2v) is 15.9. The number of carbonyl (C=O) groups excluding carboxylic acids is 2. The highest BCUT2D eigenvalue weighted by Crippen LogP contribution is 2.37. The highest BCUT2D eigenvalue weighted by molar-refractivity contribution is 6.74. The third kappa shape index (κ3) is 7.22. The van der Waals surface area contributed by atoms with Crippen molar-refractivity contribution in [2.45, 2.75) is 76.2 Å². The molecular weight excluding hydrogens is 484 g/mol. The Kier molecular flexibility index (Phi) is 9.54. The predicted molar refractivity (Wildman–Crippen MR) is 147 cm³/mol. The van der Waals surface area contributed by atoms with Crippen molar-refractivity contribution in [1.82, 2.24) is 4.90 Å². The Balaban J connectivity index is 1.82. The van der Waals surface area contributed by atoms with E-state index in [2.05, 4.69) is 43.9 Å². The maximum Gasteiger partial charge on any atom is 0.416 e. The van der Waals surface area contributed by atoms with Crippen LogP contribution in [0, 0.1) is 0 Å². The average molecular weight is 523 g/mol. The molecule has 0 N–H and O–H groups in total. The summed E-state index contributed by atoms with van der Waals surface area (Å²) < 4.78 is 11.6. The Hall–Kier alpha value is -3.13. The van der Waals surface area contributed by atoms with Crippen LogP contribution in [0.25, 0.3) is 10.4 Å². The highest BCUT2D eigenvalue weighted by Gasteiger charge is 2.43. The fourth-order valence-corrected chi connectivity index (χ4v) is 5.41. The van der Waals surface area contributed by atoms with E-state index in [4.69, 9.17) is 9.16 Å². The van der Waals surface area contributed by atoms with E-state index in [1.165, 1.54) is 0 Å². The van der Waals surface area contributed by atoms with Crippen LogP contribution < -0.4 is 0 Å². The monoisotopic (exact) mass is 522 g/mol. The van der Waals surface area contributed by atoms with Gasteiger partial charge in [-0.25, -0.2) is 9.69 Å². The number of cyclic esters (lactones) is 1. The lowest BCUT2D eigenvalue weighted by atomic mass is 9.87. The number of nitrogens with zero attached hydrogens (tertiary/aromatic N) is 4. The van der Waals surface area contributed by atoms with Crippen LogP contribution in [0.5, 0.6) is 0 Å². The van der Waals surface area contributed by atoms with E-state index in [1.54, 1.807) is 0 Å². The normalized spacial score (nSPS) is 17.6. The summed E-state index contributed by atoms with van der Waals surface area (Å²) in [6.45, 7) is 11.7. The summed E-state index contributed by atoms with van der Waals surface area (Å²) in [4.78, 5) is 30.7. The smallest absolute Gasteiger partial charge is 0.416 e. The Labute approximate surface area is 220 Å². The zero-order chi connectivity index (χ0) is 27.1. The Morgan fingerprint density at radius 3 is 2.38 bits per heavy atom. The van der Waals surface area contributed by atoms with Gasteiger partial charge in [-0.15, -0.1) is 0 Å². The lowest BCUT2D eigenvalue weighted by Crippen LogP contribution is -2.46. The summed E-state index contributed by atoms with van der Waals surface area (Å²) in [5.41, 5.74) is 11.3. The van der Waals surface area contributed by atoms with Crippen molar-refractivity contribution in [2.75, 3.05) is 13.2 Å². The predicted octanol–water partition coefficient (Wildman–Crippen LogP) is 6.84. The van der Waals surface area contributed by atoms with Crippen molar-refractivity contribution >= 4 is 20.3 Å². The summed E-state index contributed by atoms with van der Waals surface area (Å²) in [6.07, 6.45) is 1.03. The van der Waals surface area contributed by atoms with Crippen molar-refractivity contribution in [3.8, 4) is 0 Å². The van der Waals surface area contributed by atoms with Crippen LogP contribution in [-0.2, 0) is 20.4 Å². The van der Waals surface area contributed by atoms with Gasteiger partial charge in [0.2, 0.25) is 5.91 Å². The first-order valence-corrected chi connectivity index (χ1v) is 15.7. The Bertz CT molecular complexity index is 1100. The van der Waals surface area contributed by atoms with Crippen molar-refractivity contribution in [1.29, 1.82) is 0 Å². The standard InChI is InChI=1S/C28H38N4O4Si/c1-28(2,3)37(4,5)36-18-12-17-24(22-15-10-7-11-16-22)25(30-31-29)26(33)32-23(20-35-27(32)34)19-21-13-8-6-9-14-21/h6-11,13-16,23-25H,12,17-20H2,1-5H3/t23-,24+,25-/m0/s1. The van der Waals surface area contributed by atoms with E-state index in [1.807, 2.05) is 60.7 Å². The molecule has 0 radical (unpaired) electrons. The molecule has 0 saturated carbocycles. The average Bonchev–Trinajstić information content (AvgIpc) is 3.22. The molecule has 0 spiro atoms. The summed E-state index contributed by atoms with van der Waals surface area (Å²) in [5.74, 6) is -0.932. The summed E-state index contributed by atoms with van der Waals surface area (Å²) in [7, 11) is -1.92. The molecule has 0 bridgehead atoms. The number of hydrogen-bond acceptors (Lipinski definition) is 5. The quantitative estimate of drug-likeness (QED) is 0.106. The molecule has 2 aromatic carbocycles. The first kappa shape index (κ1) is 28.4. The minimum atomic E-state index is -1.92. The second-order valence-electron chi connectivity index (χ2n) is 11.0. The molecule has 3 atom stereocenters. The van der Waals surface area contributed by atoms with E-state index in [9.17, 15) is 15.1 Å². The van der Waals surface area contributed by atoms with E-state index in [0.29, 0.717) is 25.9 Å². The van der Waals surface area contributed by atoms with E-state index in [0.717, 1.165) is 16.0 Å². The lowest BCUT2D eigenvalue weighted by Gasteiger charge is -2.36. The van der Waals surface area contributed by atoms with E-state index in [-0.39, 0.29) is 11.6 Å². The molecule has 0 unspecified atom stereocenters. The van der Waals surface area contributed by atoms with Crippen LogP contribution in [-0.4, -0.2) is 50.5 Å². The molecule has 37 heavy (non-hydrogen) atoms. The fraction of sp³-hybridized carbons (Fsp3) is 0.500. The van der Waals surface area contributed by atoms with Gasteiger partial charge in [0.25, 0.3) is 0 Å². The van der Waals surface area contributed by atoms with Gasteiger partial charge in [0.05, 0.1) is 6.04 Å². The molecule has 1 aliphatic rings. The van der Waals surface area contributed by atoms with Crippen LogP contribution in [0.3, 0.4) is 0 Å². The van der Waals surface area contributed by atoms with Crippen molar-refractivity contribution < 1.29 is 18.8 Å². The van der Waals surface area contributed by atoms with Gasteiger partial charge >= 0.3 is 6.09 Å². The topological polar surface area (TPSA) is 105 Å². The first-order valence-electron chi connectivity index (χ1n) is 12.8. The van der Waals surface area contributed by atoms with Gasteiger partial charge < -0.3 is 9.16 Å². The minimum absolute atomic E-state index is 0.0965. The zero-order valence-corrected chi connectivity index (χ0v) is 23.5. The number of carbonyl (C=O) groups is 2. The maximum absolute atomic E-state index is 13.8. The SMILES string of the molecule is CC(C)(C)[Si](C)(C)OCCC[C@H](c1ccccc1)[C@H](N=[N+]=[N-])C(=O)N1C(=O)OC[C@@H]1Cc1ccccc1. The van der Waals surface area contributed by atoms with Gasteiger partial charge in [-0.3, -0.25) is 4.79 Å². The van der Waals surface area contributed by atoms with Crippen LogP contribution in [0.15, 0.2) is 65.8 Å². The largest absolute Gasteiger partial charge is 0.447 e. The fourth-order valence-electron chi connectivity index (χ4n) is 4.32. The van der Waals surface area contributed by atoms with Crippen molar-refractivity contribution in [3.63, 3.8) is 0 Å². The van der Waals surface area contributed by atoms with Crippen molar-refractivity contribution in [2.24, 2.45) is 5.11 Å². The van der Waals surface area contributed by atoms with Gasteiger partial charge in [0, 0.05) is 17.4 Å². The van der Waals surface area contributed by atoms with Crippen molar-refractivity contribution in [3.05, 3.63) is 82.2 Å². The molecule has 1 fully saturated rings. The van der Waals surface area contributed by atoms with Crippen LogP contribution in [0.1, 0.15) is 50.7 Å². The number of benzene rings is 2. The molecule has 2 aromatic rings. The number of azide groups is 1. The van der Waals surface area contributed by atoms with Gasteiger partial charge in [-0.2, -0.15) is 0 Å². The molecule has 1 aliphatic heterocycles. The van der Waals surface area contributed by atoms with Gasteiger partial charge in [-0.05, 0) is 54.1 Å². The van der Waals surface area contributed by atoms with Gasteiger partial charge in [0.15, 0.2) is 8.32 Å². The lowest BCUT2D eigenvalue weighted by molar-refractivity contribution is -0.131. The first-order chi connectivity index (χ1) is 17.5. The molecule has 0 aliphatic carbocycles. The zero-order valence-electron chi connectivity index (χ0n) is 22.5. The number of amides is 2. The number of hydrogen-bond donors (Lipinski definition) is 0. The number of ether oxygens (including phenoxy) is 1. The summed E-state index contributed by atoms with van der Waals surface area (Å²) in [5, 5.41) is 4.03. The van der Waals surface area contributed by atoms with Gasteiger partial charge in [-0.1, -0.05) is 86.5 Å². The summed E-state index contributed by atoms with van der Waals surface area (Å²) >= 11 is 0. The van der Waals surface area contributed by atoms with Crippen LogP contribution in [0.4, 0.5) is 4.79 Å². The third-order valence-corrected chi connectivity index (χ3v) is 12.0. The molecular formula is C28H38N4O4Si. The number of imide groups is 1. The molecule has 198 valence electrons. The number of rotatable bonds is 11. The minimum Gasteiger partial charge on any atom is -0.447 e.